The number of halogens is 2. The maximum atomic E-state index is 10.5. The fraction of sp³-hybridized carbons (Fsp3) is 0.300. The third kappa shape index (κ3) is 3.70. The Labute approximate surface area is 97.6 Å². The van der Waals surface area contributed by atoms with Crippen LogP contribution in [0.5, 0.6) is 0 Å². The largest absolute Gasteiger partial charge is 0.479 e. The Morgan fingerprint density at radius 1 is 1.53 bits per heavy atom. The molecule has 1 rings (SSSR count). The van der Waals surface area contributed by atoms with Crippen LogP contribution in [0.2, 0.25) is 10.0 Å². The number of carbonyl (C=O) groups is 1. The molecule has 0 bridgehead atoms. The molecule has 1 aromatic rings. The third-order valence-corrected chi connectivity index (χ3v) is 2.44. The average molecular weight is 249 g/mol. The summed E-state index contributed by atoms with van der Waals surface area (Å²) in [5, 5.41) is 9.60. The van der Waals surface area contributed by atoms with Crippen LogP contribution in [-0.4, -0.2) is 17.2 Å². The standard InChI is InChI=1S/C10H10Cl2O3/c1-6(10(13)14)15-5-7-2-3-8(11)4-9(7)12/h2-4,6H,5H2,1H3,(H,13,14)/t6-/m0/s1. The monoisotopic (exact) mass is 248 g/mol. The fourth-order valence-electron chi connectivity index (χ4n) is 0.925. The molecule has 0 aromatic heterocycles. The molecule has 0 aliphatic heterocycles. The van der Waals surface area contributed by atoms with E-state index in [2.05, 4.69) is 0 Å². The first-order valence-corrected chi connectivity index (χ1v) is 5.04. The number of aliphatic carboxylic acids is 1. The molecular weight excluding hydrogens is 239 g/mol. The van der Waals surface area contributed by atoms with Gasteiger partial charge in [0, 0.05) is 10.0 Å². The van der Waals surface area contributed by atoms with Gasteiger partial charge in [-0.2, -0.15) is 0 Å². The molecule has 3 nitrogen and oxygen atoms in total. The molecule has 0 aliphatic carbocycles. The van der Waals surface area contributed by atoms with E-state index >= 15 is 0 Å². The van der Waals surface area contributed by atoms with E-state index in [1.54, 1.807) is 18.2 Å². The molecule has 1 atom stereocenters. The molecule has 0 aliphatic rings. The Kier molecular flexibility index (Phi) is 4.39. The molecule has 1 N–H and O–H groups in total. The first-order chi connectivity index (χ1) is 7.00. The number of hydrogen-bond acceptors (Lipinski definition) is 2. The van der Waals surface area contributed by atoms with E-state index in [1.807, 2.05) is 0 Å². The number of hydrogen-bond donors (Lipinski definition) is 1. The van der Waals surface area contributed by atoms with Crippen LogP contribution < -0.4 is 0 Å². The van der Waals surface area contributed by atoms with E-state index in [4.69, 9.17) is 33.0 Å². The van der Waals surface area contributed by atoms with Gasteiger partial charge < -0.3 is 9.84 Å². The zero-order valence-electron chi connectivity index (χ0n) is 8.04. The Hall–Kier alpha value is -0.770. The normalized spacial score (nSPS) is 12.5. The SMILES string of the molecule is C[C@H](OCc1ccc(Cl)cc1Cl)C(=O)O. The lowest BCUT2D eigenvalue weighted by Gasteiger charge is -2.09. The summed E-state index contributed by atoms with van der Waals surface area (Å²) in [5.41, 5.74) is 0.717. The highest BCUT2D eigenvalue weighted by Gasteiger charge is 2.11. The van der Waals surface area contributed by atoms with Gasteiger partial charge in [-0.3, -0.25) is 0 Å². The zero-order valence-corrected chi connectivity index (χ0v) is 9.55. The molecule has 0 spiro atoms. The Balaban J connectivity index is 2.62. The van der Waals surface area contributed by atoms with Gasteiger partial charge in [-0.1, -0.05) is 29.3 Å². The summed E-state index contributed by atoms with van der Waals surface area (Å²) in [5.74, 6) is -1.000. The molecule has 0 amide bonds. The van der Waals surface area contributed by atoms with Gasteiger partial charge in [-0.15, -0.1) is 0 Å². The summed E-state index contributed by atoms with van der Waals surface area (Å²) in [4.78, 5) is 10.5. The summed E-state index contributed by atoms with van der Waals surface area (Å²) in [6.07, 6.45) is -0.850. The van der Waals surface area contributed by atoms with E-state index in [9.17, 15) is 4.79 Å². The number of carboxylic acid groups (broad SMARTS) is 1. The molecule has 0 saturated carbocycles. The second-order valence-corrected chi connectivity index (χ2v) is 3.87. The van der Waals surface area contributed by atoms with E-state index in [1.165, 1.54) is 6.92 Å². The van der Waals surface area contributed by atoms with Crippen LogP contribution in [0.4, 0.5) is 0 Å². The molecule has 0 unspecified atom stereocenters. The van der Waals surface area contributed by atoms with Crippen molar-refractivity contribution in [2.45, 2.75) is 19.6 Å². The van der Waals surface area contributed by atoms with Crippen molar-refractivity contribution < 1.29 is 14.6 Å². The van der Waals surface area contributed by atoms with Crippen molar-refractivity contribution in [2.24, 2.45) is 0 Å². The highest BCUT2D eigenvalue weighted by molar-refractivity contribution is 6.35. The quantitative estimate of drug-likeness (QED) is 0.892. The number of ether oxygens (including phenoxy) is 1. The van der Waals surface area contributed by atoms with Gasteiger partial charge in [0.2, 0.25) is 0 Å². The van der Waals surface area contributed by atoms with Crippen molar-refractivity contribution in [2.75, 3.05) is 0 Å². The second kappa shape index (κ2) is 5.35. The fourth-order valence-corrected chi connectivity index (χ4v) is 1.39. The third-order valence-electron chi connectivity index (χ3n) is 1.85. The lowest BCUT2D eigenvalue weighted by molar-refractivity contribution is -0.149. The smallest absolute Gasteiger partial charge is 0.332 e. The minimum Gasteiger partial charge on any atom is -0.479 e. The Morgan fingerprint density at radius 3 is 2.73 bits per heavy atom. The van der Waals surface area contributed by atoms with Gasteiger partial charge in [0.1, 0.15) is 0 Å². The highest BCUT2D eigenvalue weighted by Crippen LogP contribution is 2.21. The maximum absolute atomic E-state index is 10.5. The molecule has 5 heteroatoms. The Bertz CT molecular complexity index is 366. The zero-order chi connectivity index (χ0) is 11.4. The van der Waals surface area contributed by atoms with E-state index in [0.717, 1.165) is 0 Å². The van der Waals surface area contributed by atoms with Crippen LogP contribution in [0.1, 0.15) is 12.5 Å². The maximum Gasteiger partial charge on any atom is 0.332 e. The van der Waals surface area contributed by atoms with Crippen LogP contribution in [0.25, 0.3) is 0 Å². The summed E-state index contributed by atoms with van der Waals surface area (Å²) in [6, 6.07) is 4.98. The summed E-state index contributed by atoms with van der Waals surface area (Å²) < 4.78 is 5.08. The van der Waals surface area contributed by atoms with Crippen molar-refractivity contribution >= 4 is 29.2 Å². The van der Waals surface area contributed by atoms with Gasteiger partial charge in [0.05, 0.1) is 6.61 Å². The predicted octanol–water partition coefficient (Wildman–Crippen LogP) is 2.98. The average Bonchev–Trinajstić information content (AvgIpc) is 2.15. The first kappa shape index (κ1) is 12.3. The Morgan fingerprint density at radius 2 is 2.20 bits per heavy atom. The van der Waals surface area contributed by atoms with Crippen molar-refractivity contribution in [3.8, 4) is 0 Å². The minimum absolute atomic E-state index is 0.156. The van der Waals surface area contributed by atoms with Gasteiger partial charge in [-0.05, 0) is 24.6 Å². The van der Waals surface area contributed by atoms with Gasteiger partial charge in [-0.25, -0.2) is 4.79 Å². The molecule has 0 radical (unpaired) electrons. The molecule has 0 fully saturated rings. The van der Waals surface area contributed by atoms with Crippen LogP contribution in [0.15, 0.2) is 18.2 Å². The summed E-state index contributed by atoms with van der Waals surface area (Å²) in [6.45, 7) is 1.62. The molecule has 15 heavy (non-hydrogen) atoms. The molecule has 0 heterocycles. The molecular formula is C10H10Cl2O3. The van der Waals surface area contributed by atoms with E-state index in [0.29, 0.717) is 15.6 Å². The predicted molar refractivity (Wildman–Crippen MR) is 58.3 cm³/mol. The lowest BCUT2D eigenvalue weighted by atomic mass is 10.2. The molecule has 82 valence electrons. The van der Waals surface area contributed by atoms with Gasteiger partial charge >= 0.3 is 5.97 Å². The van der Waals surface area contributed by atoms with Crippen molar-refractivity contribution in [1.82, 2.24) is 0 Å². The van der Waals surface area contributed by atoms with Crippen LogP contribution in [0.3, 0.4) is 0 Å². The number of rotatable bonds is 4. The number of benzene rings is 1. The van der Waals surface area contributed by atoms with Crippen molar-refractivity contribution in [1.29, 1.82) is 0 Å². The summed E-state index contributed by atoms with van der Waals surface area (Å²) in [7, 11) is 0. The van der Waals surface area contributed by atoms with Crippen molar-refractivity contribution in [3.63, 3.8) is 0 Å². The van der Waals surface area contributed by atoms with Crippen LogP contribution in [-0.2, 0) is 16.1 Å². The highest BCUT2D eigenvalue weighted by atomic mass is 35.5. The minimum atomic E-state index is -1.000. The lowest BCUT2D eigenvalue weighted by Crippen LogP contribution is -2.19. The van der Waals surface area contributed by atoms with Crippen LogP contribution >= 0.6 is 23.2 Å². The van der Waals surface area contributed by atoms with E-state index < -0.39 is 12.1 Å². The first-order valence-electron chi connectivity index (χ1n) is 4.29. The summed E-state index contributed by atoms with van der Waals surface area (Å²) >= 11 is 11.6. The van der Waals surface area contributed by atoms with E-state index in [-0.39, 0.29) is 6.61 Å². The van der Waals surface area contributed by atoms with Crippen LogP contribution in [0, 0.1) is 0 Å². The molecule has 1 aromatic carbocycles. The number of carboxylic acids is 1. The second-order valence-electron chi connectivity index (χ2n) is 3.03. The topological polar surface area (TPSA) is 46.5 Å². The van der Waals surface area contributed by atoms with Crippen molar-refractivity contribution in [3.05, 3.63) is 33.8 Å². The van der Waals surface area contributed by atoms with Gasteiger partial charge in [0.15, 0.2) is 6.10 Å². The molecule has 0 saturated heterocycles. The van der Waals surface area contributed by atoms with Gasteiger partial charge in [0.25, 0.3) is 0 Å².